The SMILES string of the molecule is C[C@H]1CCc2c(ccc(-c3ncc(C4=C(C(C)(C)C)CN(C(=O)O)CC4)n3COCC[Si](C)(C)C)c2OC2CCC2)N1C(=O)C1CC1. The van der Waals surface area contributed by atoms with Crippen molar-refractivity contribution in [3.8, 4) is 17.1 Å². The largest absolute Gasteiger partial charge is 0.489 e. The van der Waals surface area contributed by atoms with Gasteiger partial charge in [0.25, 0.3) is 0 Å². The zero-order chi connectivity index (χ0) is 33.7. The zero-order valence-corrected chi connectivity index (χ0v) is 30.5. The molecule has 2 aromatic rings. The van der Waals surface area contributed by atoms with Crippen LogP contribution < -0.4 is 9.64 Å². The fraction of sp³-hybridized carbons (Fsp3) is 0.649. The first-order valence-electron chi connectivity index (χ1n) is 17.7. The third kappa shape index (κ3) is 7.19. The number of imidazole rings is 1. The fourth-order valence-electron chi connectivity index (χ4n) is 7.03. The Balaban J connectivity index is 1.47. The second kappa shape index (κ2) is 13.1. The van der Waals surface area contributed by atoms with Crippen molar-refractivity contribution in [2.24, 2.45) is 11.3 Å². The molecule has 4 aliphatic rings. The molecule has 1 N–H and O–H groups in total. The molecule has 1 atom stereocenters. The topological polar surface area (TPSA) is 97.1 Å². The molecule has 1 aromatic carbocycles. The maximum atomic E-state index is 13.5. The van der Waals surface area contributed by atoms with Crippen molar-refractivity contribution in [2.45, 2.75) is 124 Å². The standard InChI is InChI=1S/C37H54N4O5Si/c1-24-11-14-28-31(41(24)35(42)25-12-13-25)16-15-29(33(28)46-26-9-8-10-26)34-38-21-32(40(34)23-45-19-20-47(5,6)7)27-17-18-39(36(43)44)22-30(27)37(2,3)4/h15-16,21,24-26H,8-14,17-20,22-23H2,1-7H3,(H,43,44)/t24-/m0/s1. The van der Waals surface area contributed by atoms with Gasteiger partial charge in [-0.3, -0.25) is 4.79 Å². The van der Waals surface area contributed by atoms with Crippen LogP contribution in [0.25, 0.3) is 17.0 Å². The average molecular weight is 663 g/mol. The highest BCUT2D eigenvalue weighted by Crippen LogP contribution is 2.47. The molecule has 9 nitrogen and oxygen atoms in total. The van der Waals surface area contributed by atoms with Gasteiger partial charge >= 0.3 is 6.09 Å². The molecular formula is C37H54N4O5Si. The van der Waals surface area contributed by atoms with Gasteiger partial charge < -0.3 is 28.9 Å². The van der Waals surface area contributed by atoms with Crippen molar-refractivity contribution in [3.63, 3.8) is 0 Å². The molecule has 2 aliphatic heterocycles. The lowest BCUT2D eigenvalue weighted by Gasteiger charge is -2.38. The quantitative estimate of drug-likeness (QED) is 0.204. The van der Waals surface area contributed by atoms with Gasteiger partial charge in [-0.2, -0.15) is 0 Å². The fourth-order valence-corrected chi connectivity index (χ4v) is 7.79. The predicted molar refractivity (Wildman–Crippen MR) is 189 cm³/mol. The van der Waals surface area contributed by atoms with E-state index < -0.39 is 14.2 Å². The van der Waals surface area contributed by atoms with Crippen LogP contribution in [0.1, 0.15) is 83.9 Å². The van der Waals surface area contributed by atoms with Crippen molar-refractivity contribution in [1.29, 1.82) is 0 Å². The summed E-state index contributed by atoms with van der Waals surface area (Å²) in [5.74, 6) is 2.05. The van der Waals surface area contributed by atoms with Gasteiger partial charge in [0.1, 0.15) is 18.3 Å². The van der Waals surface area contributed by atoms with Crippen molar-refractivity contribution in [3.05, 3.63) is 35.2 Å². The molecule has 3 heterocycles. The highest BCUT2D eigenvalue weighted by Gasteiger charge is 2.40. The number of carbonyl (C=O) groups excluding carboxylic acids is 1. The normalized spacial score (nSPS) is 20.7. The molecular weight excluding hydrogens is 609 g/mol. The van der Waals surface area contributed by atoms with Crippen molar-refractivity contribution in [1.82, 2.24) is 14.5 Å². The van der Waals surface area contributed by atoms with Crippen LogP contribution in [0.4, 0.5) is 10.5 Å². The number of aromatic nitrogens is 2. The van der Waals surface area contributed by atoms with E-state index in [2.05, 4.69) is 64.0 Å². The molecule has 0 bridgehead atoms. The number of rotatable bonds is 10. The minimum Gasteiger partial charge on any atom is -0.489 e. The number of fused-ring (bicyclic) bond motifs is 1. The third-order valence-electron chi connectivity index (χ3n) is 10.4. The maximum absolute atomic E-state index is 13.5. The van der Waals surface area contributed by atoms with E-state index in [1.807, 2.05) is 11.1 Å². The number of nitrogens with zero attached hydrogens (tertiary/aromatic N) is 4. The average Bonchev–Trinajstić information content (AvgIpc) is 3.75. The van der Waals surface area contributed by atoms with Gasteiger partial charge in [-0.05, 0) is 93.0 Å². The molecule has 6 rings (SSSR count). The number of carbonyl (C=O) groups is 2. The van der Waals surface area contributed by atoms with E-state index >= 15 is 0 Å². The lowest BCUT2D eigenvalue weighted by atomic mass is 9.79. The number of ether oxygens (including phenoxy) is 2. The van der Waals surface area contributed by atoms with Crippen molar-refractivity contribution < 1.29 is 24.2 Å². The molecule has 2 aliphatic carbocycles. The van der Waals surface area contributed by atoms with Crippen LogP contribution in [-0.2, 0) is 22.7 Å². The summed E-state index contributed by atoms with van der Waals surface area (Å²) in [5, 5.41) is 9.85. The summed E-state index contributed by atoms with van der Waals surface area (Å²) in [4.78, 5) is 34.2. The van der Waals surface area contributed by atoms with Gasteiger partial charge in [-0.1, -0.05) is 40.4 Å². The Morgan fingerprint density at radius 1 is 1.06 bits per heavy atom. The molecule has 0 unspecified atom stereocenters. The number of hydrogen-bond donors (Lipinski definition) is 1. The number of carboxylic acid groups (broad SMARTS) is 1. The summed E-state index contributed by atoms with van der Waals surface area (Å²) in [6.45, 7) is 17.6. The van der Waals surface area contributed by atoms with Gasteiger partial charge in [0.2, 0.25) is 5.91 Å². The zero-order valence-electron chi connectivity index (χ0n) is 29.5. The second-order valence-electron chi connectivity index (χ2n) is 16.4. The number of hydrogen-bond acceptors (Lipinski definition) is 5. The molecule has 47 heavy (non-hydrogen) atoms. The number of benzene rings is 1. The van der Waals surface area contributed by atoms with Crippen molar-refractivity contribution >= 4 is 31.3 Å². The molecule has 10 heteroatoms. The maximum Gasteiger partial charge on any atom is 0.407 e. The van der Waals surface area contributed by atoms with E-state index in [0.29, 0.717) is 32.8 Å². The Kier molecular flexibility index (Phi) is 9.39. The van der Waals surface area contributed by atoms with Crippen molar-refractivity contribution in [2.75, 3.05) is 24.6 Å². The van der Waals surface area contributed by atoms with Gasteiger partial charge in [-0.15, -0.1) is 0 Å². The van der Waals surface area contributed by atoms with E-state index in [9.17, 15) is 14.7 Å². The number of anilines is 1. The molecule has 2 amide bonds. The first kappa shape index (κ1) is 33.8. The van der Waals surface area contributed by atoms with Gasteiger partial charge in [0.05, 0.1) is 29.2 Å². The van der Waals surface area contributed by atoms with Gasteiger partial charge in [0.15, 0.2) is 0 Å². The van der Waals surface area contributed by atoms with Crippen LogP contribution in [0.15, 0.2) is 23.9 Å². The van der Waals surface area contributed by atoms with Gasteiger partial charge in [-0.25, -0.2) is 9.78 Å². The molecule has 256 valence electrons. The lowest BCUT2D eigenvalue weighted by Crippen LogP contribution is -2.43. The smallest absolute Gasteiger partial charge is 0.407 e. The molecule has 1 aromatic heterocycles. The van der Waals surface area contributed by atoms with Crippen LogP contribution in [0.5, 0.6) is 5.75 Å². The first-order chi connectivity index (χ1) is 22.2. The highest BCUT2D eigenvalue weighted by atomic mass is 28.3. The summed E-state index contributed by atoms with van der Waals surface area (Å²) < 4.78 is 15.5. The Morgan fingerprint density at radius 3 is 2.43 bits per heavy atom. The first-order valence-corrected chi connectivity index (χ1v) is 21.4. The van der Waals surface area contributed by atoms with E-state index in [-0.39, 0.29) is 29.4 Å². The highest BCUT2D eigenvalue weighted by molar-refractivity contribution is 6.76. The third-order valence-corrected chi connectivity index (χ3v) is 12.1. The minimum absolute atomic E-state index is 0.145. The molecule has 2 saturated carbocycles. The number of amides is 2. The van der Waals surface area contributed by atoms with Gasteiger partial charge in [0, 0.05) is 45.3 Å². The van der Waals surface area contributed by atoms with E-state index in [1.165, 1.54) is 11.3 Å². The molecule has 0 radical (unpaired) electrons. The van der Waals surface area contributed by atoms with E-state index in [1.54, 1.807) is 0 Å². The lowest BCUT2D eigenvalue weighted by molar-refractivity contribution is -0.120. The van der Waals surface area contributed by atoms with Crippen LogP contribution in [0.2, 0.25) is 25.7 Å². The summed E-state index contributed by atoms with van der Waals surface area (Å²) in [5.41, 5.74) is 6.05. The molecule has 0 spiro atoms. The predicted octanol–water partition coefficient (Wildman–Crippen LogP) is 8.05. The minimum atomic E-state index is -1.30. The summed E-state index contributed by atoms with van der Waals surface area (Å²) in [6, 6.07) is 5.44. The molecule has 2 fully saturated rings. The Bertz CT molecular complexity index is 1540. The van der Waals surface area contributed by atoms with Crippen LogP contribution in [-0.4, -0.2) is 71.5 Å². The van der Waals surface area contributed by atoms with Crippen LogP contribution >= 0.6 is 0 Å². The summed E-state index contributed by atoms with van der Waals surface area (Å²) >= 11 is 0. The summed E-state index contributed by atoms with van der Waals surface area (Å²) in [7, 11) is -1.30. The Labute approximate surface area is 281 Å². The van der Waals surface area contributed by atoms with E-state index in [0.717, 1.165) is 89.8 Å². The monoisotopic (exact) mass is 662 g/mol. The summed E-state index contributed by atoms with van der Waals surface area (Å²) in [6.07, 6.45) is 8.80. The second-order valence-corrected chi connectivity index (χ2v) is 22.0. The van der Waals surface area contributed by atoms with Crippen LogP contribution in [0, 0.1) is 11.3 Å². The molecule has 0 saturated heterocycles. The van der Waals surface area contributed by atoms with E-state index in [4.69, 9.17) is 14.5 Å². The Morgan fingerprint density at radius 2 is 1.81 bits per heavy atom. The Hall–Kier alpha value is -3.11. The van der Waals surface area contributed by atoms with Crippen LogP contribution in [0.3, 0.4) is 0 Å².